The number of phenolic OH excluding ortho intramolecular Hbond substituents is 1. The van der Waals surface area contributed by atoms with Crippen molar-refractivity contribution in [2.45, 2.75) is 62.2 Å². The number of phenols is 1. The zero-order valence-electron chi connectivity index (χ0n) is 23.0. The highest BCUT2D eigenvalue weighted by Gasteiger charge is 2.67. The van der Waals surface area contributed by atoms with Gasteiger partial charge in [0.15, 0.2) is 6.10 Å². The molecule has 8 nitrogen and oxygen atoms in total. The number of hydrogen-bond acceptors (Lipinski definition) is 6. The van der Waals surface area contributed by atoms with Gasteiger partial charge in [-0.2, -0.15) is 0 Å². The molecular weight excluding hydrogens is 538 g/mol. The number of nitrogens with zero attached hydrogens (tertiary/aromatic N) is 2. The van der Waals surface area contributed by atoms with Crippen LogP contribution in [-0.2, 0) is 22.4 Å². The van der Waals surface area contributed by atoms with Crippen LogP contribution < -0.4 is 5.32 Å². The first kappa shape index (κ1) is 27.4. The number of aliphatic hydroxyl groups excluding tert-OH is 1. The van der Waals surface area contributed by atoms with E-state index in [0.717, 1.165) is 18.4 Å². The first-order valence-corrected chi connectivity index (χ1v) is 14.9. The summed E-state index contributed by atoms with van der Waals surface area (Å²) in [7, 11) is 0. The Labute approximate surface area is 243 Å². The predicted octanol–water partition coefficient (Wildman–Crippen LogP) is 3.55. The number of carbonyl (C=O) groups is 3. The van der Waals surface area contributed by atoms with Crippen LogP contribution in [0.25, 0.3) is 0 Å². The van der Waals surface area contributed by atoms with E-state index in [1.54, 1.807) is 19.1 Å². The van der Waals surface area contributed by atoms with Gasteiger partial charge >= 0.3 is 0 Å². The van der Waals surface area contributed by atoms with E-state index >= 15 is 0 Å². The standard InChI is InChI=1S/C32H33N3O5S/c1-19-22(13-8-14-26(19)36)29(38)33-24(17-20-9-4-3-5-10-20)27(37)30(39)34-18-41-32(2)28(34)31(40)35(32)25-16-15-21-11-6-7-12-23(21)25/h3-14,24-25,27-28,36-37H,15-18H2,1-2H3,(H,33,38)/t24-,25-,27-,28+,32?/m0/s1. The van der Waals surface area contributed by atoms with Crippen molar-refractivity contribution in [2.24, 2.45) is 0 Å². The van der Waals surface area contributed by atoms with Crippen LogP contribution in [0.1, 0.15) is 52.0 Å². The number of aryl methyl sites for hydroxylation is 1. The SMILES string of the molecule is Cc1c(O)cccc1C(=O)N[C@@H](Cc1ccccc1)[C@H](O)C(=O)N1CSC2(C)[C@H]1C(=O)N2[C@H]1CCc2ccccc21. The smallest absolute Gasteiger partial charge is 0.255 e. The average molecular weight is 572 g/mol. The van der Waals surface area contributed by atoms with Crippen LogP contribution in [0.4, 0.5) is 0 Å². The second kappa shape index (κ2) is 10.5. The van der Waals surface area contributed by atoms with E-state index in [1.807, 2.05) is 54.3 Å². The number of β-lactam (4-membered cyclic amide) rings is 1. The minimum absolute atomic E-state index is 0.0137. The van der Waals surface area contributed by atoms with Crippen molar-refractivity contribution in [2.75, 3.05) is 5.88 Å². The quantitative estimate of drug-likeness (QED) is 0.374. The molecule has 3 aromatic carbocycles. The highest BCUT2D eigenvalue weighted by Crippen LogP contribution is 2.56. The Morgan fingerprint density at radius 1 is 1.07 bits per heavy atom. The van der Waals surface area contributed by atoms with Gasteiger partial charge < -0.3 is 25.3 Å². The molecule has 3 aromatic rings. The summed E-state index contributed by atoms with van der Waals surface area (Å²) >= 11 is 1.54. The molecule has 41 heavy (non-hydrogen) atoms. The van der Waals surface area contributed by atoms with Crippen molar-refractivity contribution in [3.63, 3.8) is 0 Å². The predicted molar refractivity (Wildman–Crippen MR) is 156 cm³/mol. The zero-order chi connectivity index (χ0) is 28.9. The van der Waals surface area contributed by atoms with Gasteiger partial charge in [0.2, 0.25) is 5.91 Å². The number of aromatic hydroxyl groups is 1. The molecule has 3 amide bonds. The van der Waals surface area contributed by atoms with Gasteiger partial charge in [0, 0.05) is 11.1 Å². The Morgan fingerprint density at radius 3 is 2.59 bits per heavy atom. The Balaban J connectivity index is 1.23. The molecular formula is C32H33N3O5S. The highest BCUT2D eigenvalue weighted by atomic mass is 32.2. The Morgan fingerprint density at radius 2 is 1.80 bits per heavy atom. The summed E-state index contributed by atoms with van der Waals surface area (Å²) in [5, 5.41) is 24.4. The maximum absolute atomic E-state index is 13.8. The monoisotopic (exact) mass is 571 g/mol. The fraction of sp³-hybridized carbons (Fsp3) is 0.344. The summed E-state index contributed by atoms with van der Waals surface area (Å²) in [5.74, 6) is -0.942. The number of likely N-dealkylation sites (tertiary alicyclic amines) is 1. The van der Waals surface area contributed by atoms with Crippen molar-refractivity contribution in [1.29, 1.82) is 0 Å². The summed E-state index contributed by atoms with van der Waals surface area (Å²) in [6.45, 7) is 3.63. The van der Waals surface area contributed by atoms with Crippen LogP contribution in [0.15, 0.2) is 72.8 Å². The second-order valence-corrected chi connectivity index (χ2v) is 12.5. The Kier molecular flexibility index (Phi) is 7.03. The van der Waals surface area contributed by atoms with Gasteiger partial charge in [0.05, 0.1) is 18.0 Å². The number of amides is 3. The summed E-state index contributed by atoms with van der Waals surface area (Å²) in [4.78, 5) is 43.5. The van der Waals surface area contributed by atoms with E-state index in [9.17, 15) is 24.6 Å². The van der Waals surface area contributed by atoms with Crippen LogP contribution in [-0.4, -0.2) is 66.7 Å². The first-order chi connectivity index (χ1) is 19.7. The molecule has 9 heteroatoms. The molecule has 2 heterocycles. The van der Waals surface area contributed by atoms with Gasteiger partial charge in [0.25, 0.3) is 11.8 Å². The van der Waals surface area contributed by atoms with Gasteiger partial charge in [-0.25, -0.2) is 0 Å². The third kappa shape index (κ3) is 4.57. The molecule has 212 valence electrons. The molecule has 3 aliphatic rings. The van der Waals surface area contributed by atoms with Crippen LogP contribution in [0.5, 0.6) is 5.75 Å². The topological polar surface area (TPSA) is 110 Å². The molecule has 0 spiro atoms. The second-order valence-electron chi connectivity index (χ2n) is 11.2. The molecule has 0 aromatic heterocycles. The number of fused-ring (bicyclic) bond motifs is 2. The van der Waals surface area contributed by atoms with Crippen molar-refractivity contribution in [1.82, 2.24) is 15.1 Å². The molecule has 5 atom stereocenters. The summed E-state index contributed by atoms with van der Waals surface area (Å²) in [5.41, 5.74) is 3.92. The lowest BCUT2D eigenvalue weighted by Crippen LogP contribution is -2.74. The lowest BCUT2D eigenvalue weighted by molar-refractivity contribution is -0.171. The number of nitrogens with one attached hydrogen (secondary N) is 1. The molecule has 2 saturated heterocycles. The molecule has 1 unspecified atom stereocenters. The number of aliphatic hydroxyl groups is 1. The molecule has 0 radical (unpaired) electrons. The number of rotatable bonds is 7. The van der Waals surface area contributed by atoms with E-state index in [1.165, 1.54) is 33.9 Å². The normalized spacial score (nSPS) is 24.3. The van der Waals surface area contributed by atoms with Crippen molar-refractivity contribution >= 4 is 29.5 Å². The van der Waals surface area contributed by atoms with Crippen LogP contribution in [0, 0.1) is 6.92 Å². The molecule has 2 aliphatic heterocycles. The van der Waals surface area contributed by atoms with Gasteiger partial charge in [-0.3, -0.25) is 14.4 Å². The van der Waals surface area contributed by atoms with E-state index in [0.29, 0.717) is 5.56 Å². The average Bonchev–Trinajstić information content (AvgIpc) is 3.52. The highest BCUT2D eigenvalue weighted by molar-refractivity contribution is 8.01. The van der Waals surface area contributed by atoms with Crippen LogP contribution >= 0.6 is 11.8 Å². The minimum Gasteiger partial charge on any atom is -0.508 e. The minimum atomic E-state index is -1.58. The van der Waals surface area contributed by atoms with E-state index in [2.05, 4.69) is 17.4 Å². The van der Waals surface area contributed by atoms with Gasteiger partial charge in [-0.1, -0.05) is 60.7 Å². The number of benzene rings is 3. The Hall–Kier alpha value is -3.82. The molecule has 0 bridgehead atoms. The van der Waals surface area contributed by atoms with Crippen molar-refractivity contribution < 1.29 is 24.6 Å². The van der Waals surface area contributed by atoms with Crippen molar-refractivity contribution in [3.05, 3.63) is 101 Å². The van der Waals surface area contributed by atoms with Crippen molar-refractivity contribution in [3.8, 4) is 5.75 Å². The fourth-order valence-electron chi connectivity index (χ4n) is 6.51. The number of carbonyl (C=O) groups excluding carboxylic acids is 3. The number of thioether (sulfide) groups is 1. The maximum atomic E-state index is 13.8. The number of hydrogen-bond donors (Lipinski definition) is 3. The molecule has 0 saturated carbocycles. The molecule has 2 fully saturated rings. The van der Waals surface area contributed by atoms with Gasteiger partial charge in [0.1, 0.15) is 16.7 Å². The zero-order valence-corrected chi connectivity index (χ0v) is 23.8. The van der Waals surface area contributed by atoms with Gasteiger partial charge in [-0.15, -0.1) is 11.8 Å². The molecule has 6 rings (SSSR count). The largest absolute Gasteiger partial charge is 0.508 e. The van der Waals surface area contributed by atoms with E-state index in [-0.39, 0.29) is 35.6 Å². The van der Waals surface area contributed by atoms with Crippen LogP contribution in [0.2, 0.25) is 0 Å². The summed E-state index contributed by atoms with van der Waals surface area (Å²) < 4.78 is 0. The Bertz CT molecular complexity index is 1510. The first-order valence-electron chi connectivity index (χ1n) is 13.9. The van der Waals surface area contributed by atoms with E-state index < -0.39 is 34.9 Å². The lowest BCUT2D eigenvalue weighted by atomic mass is 9.89. The fourth-order valence-corrected chi connectivity index (χ4v) is 7.93. The molecule has 1 aliphatic carbocycles. The lowest BCUT2D eigenvalue weighted by Gasteiger charge is -2.55. The summed E-state index contributed by atoms with van der Waals surface area (Å²) in [6.07, 6.45) is 0.397. The third-order valence-electron chi connectivity index (χ3n) is 8.76. The van der Waals surface area contributed by atoms with E-state index in [4.69, 9.17) is 0 Å². The summed E-state index contributed by atoms with van der Waals surface area (Å²) in [6, 6.07) is 20.5. The molecule has 3 N–H and O–H groups in total. The maximum Gasteiger partial charge on any atom is 0.255 e. The van der Waals surface area contributed by atoms with Gasteiger partial charge in [-0.05, 0) is 61.9 Å². The van der Waals surface area contributed by atoms with Crippen LogP contribution in [0.3, 0.4) is 0 Å². The third-order valence-corrected chi connectivity index (χ3v) is 10.2.